The average Bonchev–Trinajstić information content (AvgIpc) is 2.30. The second-order valence-electron chi connectivity index (χ2n) is 4.22. The molecule has 0 bridgehead atoms. The van der Waals surface area contributed by atoms with Gasteiger partial charge in [-0.1, -0.05) is 0 Å². The molecular weight excluding hydrogens is 617 g/mol. The van der Waals surface area contributed by atoms with Crippen molar-refractivity contribution < 1.29 is 74.4 Å². The number of ether oxygens (including phenoxy) is 2. The van der Waals surface area contributed by atoms with Crippen LogP contribution >= 0.6 is 0 Å². The van der Waals surface area contributed by atoms with Crippen molar-refractivity contribution in [3.63, 3.8) is 0 Å². The maximum absolute atomic E-state index is 10.6. The van der Waals surface area contributed by atoms with Gasteiger partial charge in [0.15, 0.2) is 0 Å². The minimum absolute atomic E-state index is 0.164. The van der Waals surface area contributed by atoms with Crippen molar-refractivity contribution in [2.75, 3.05) is 13.2 Å². The van der Waals surface area contributed by atoms with Gasteiger partial charge in [-0.15, -0.1) is 0 Å². The number of hydrogen-bond acceptors (Lipinski definition) is 6. The topological polar surface area (TPSA) is 71.1 Å². The summed E-state index contributed by atoms with van der Waals surface area (Å²) in [6, 6.07) is 0. The Morgan fingerprint density at radius 3 is 2.06 bits per heavy atom. The van der Waals surface area contributed by atoms with Gasteiger partial charge in [-0.2, -0.15) is 0 Å². The summed E-state index contributed by atoms with van der Waals surface area (Å²) in [4.78, 5) is 21.3. The summed E-state index contributed by atoms with van der Waals surface area (Å²) < 4.78 is 23.0. The van der Waals surface area contributed by atoms with Crippen LogP contribution in [0.5, 0.6) is 0 Å². The summed E-state index contributed by atoms with van der Waals surface area (Å²) in [6.45, 7) is 4.22. The molecule has 0 atom stereocenters. The van der Waals surface area contributed by atoms with Gasteiger partial charge in [0, 0.05) is 0 Å². The van der Waals surface area contributed by atoms with E-state index in [-0.39, 0.29) is 18.2 Å². The Labute approximate surface area is 132 Å². The van der Waals surface area contributed by atoms with E-state index < -0.39 is 50.1 Å². The van der Waals surface area contributed by atoms with E-state index in [0.29, 0.717) is 19.1 Å². The van der Waals surface area contributed by atoms with Crippen molar-refractivity contribution in [2.45, 2.75) is 28.0 Å². The standard InChI is InChI=1S/C6H10O2.2C2H4O2.2Hg/c1-5-3-7-6(2)8-4-5;2*1-2(3)4;;/h5-6H,1-4H2;2*1H3,(H,3,4);;/q;;;2*+1/p-2. The van der Waals surface area contributed by atoms with Crippen molar-refractivity contribution in [3.05, 3.63) is 0 Å². The fourth-order valence-electron chi connectivity index (χ4n) is 1.58. The molecule has 0 saturated carbocycles. The fourth-order valence-corrected chi connectivity index (χ4v) is 9.37. The van der Waals surface area contributed by atoms with Gasteiger partial charge in [0.1, 0.15) is 0 Å². The van der Waals surface area contributed by atoms with Crippen LogP contribution in [-0.4, -0.2) is 31.4 Å². The number of carbonyl (C=O) groups is 2. The van der Waals surface area contributed by atoms with Gasteiger partial charge >= 0.3 is 133 Å². The number of hydrogen-bond donors (Lipinski definition) is 0. The summed E-state index contributed by atoms with van der Waals surface area (Å²) in [7, 11) is 0. The molecule has 0 spiro atoms. The number of rotatable bonds is 6. The van der Waals surface area contributed by atoms with E-state index in [1.165, 1.54) is 13.8 Å². The third kappa shape index (κ3) is 8.01. The van der Waals surface area contributed by atoms with Crippen LogP contribution in [-0.2, 0) is 74.4 Å². The summed E-state index contributed by atoms with van der Waals surface area (Å²) in [6.07, 6.45) is -0.187. The van der Waals surface area contributed by atoms with E-state index in [1.807, 2.05) is 0 Å². The molecule has 1 saturated heterocycles. The van der Waals surface area contributed by atoms with E-state index in [1.54, 1.807) is 0 Å². The van der Waals surface area contributed by atoms with Gasteiger partial charge in [-0.05, 0) is 0 Å². The van der Waals surface area contributed by atoms with E-state index >= 15 is 0 Å². The second-order valence-corrected chi connectivity index (χ2v) is 14.1. The monoisotopic (exact) mass is 636 g/mol. The van der Waals surface area contributed by atoms with Crippen LogP contribution in [0, 0.1) is 5.92 Å². The molecule has 1 aliphatic heterocycles. The molecule has 8 heteroatoms. The molecule has 0 N–H and O–H groups in total. The molecule has 1 heterocycles. The first-order valence-corrected chi connectivity index (χ1v) is 18.3. The Hall–Kier alpha value is 0.730. The first-order chi connectivity index (χ1) is 8.58. The minimum atomic E-state index is -1.60. The third-order valence-electron chi connectivity index (χ3n) is 2.53. The molecule has 1 aliphatic rings. The first kappa shape index (κ1) is 16.8. The third-order valence-corrected chi connectivity index (χ3v) is 14.1. The van der Waals surface area contributed by atoms with Gasteiger partial charge in [0.05, 0.1) is 0 Å². The van der Waals surface area contributed by atoms with E-state index in [0.717, 1.165) is 7.86 Å². The summed E-state index contributed by atoms with van der Waals surface area (Å²) in [5.41, 5.74) is 0. The molecule has 0 aromatic heterocycles. The summed E-state index contributed by atoms with van der Waals surface area (Å²) in [5, 5.41) is 0. The Bertz CT molecular complexity index is 250. The second kappa shape index (κ2) is 9.61. The molecule has 18 heavy (non-hydrogen) atoms. The van der Waals surface area contributed by atoms with Crippen molar-refractivity contribution >= 4 is 11.9 Å². The Morgan fingerprint density at radius 1 is 1.06 bits per heavy atom. The zero-order valence-corrected chi connectivity index (χ0v) is 21.8. The fraction of sp³-hybridized carbons (Fsp3) is 0.800. The molecular formula is C10H16Hg2O6. The van der Waals surface area contributed by atoms with E-state index in [2.05, 4.69) is 0 Å². The van der Waals surface area contributed by atoms with Gasteiger partial charge in [0.25, 0.3) is 0 Å². The van der Waals surface area contributed by atoms with E-state index in [9.17, 15) is 9.59 Å². The molecule has 0 aromatic rings. The predicted octanol–water partition coefficient (Wildman–Crippen LogP) is 0.933. The van der Waals surface area contributed by atoms with Crippen molar-refractivity contribution in [2.24, 2.45) is 5.92 Å². The quantitative estimate of drug-likeness (QED) is 0.406. The van der Waals surface area contributed by atoms with Crippen molar-refractivity contribution in [3.8, 4) is 0 Å². The molecule has 0 unspecified atom stereocenters. The predicted molar refractivity (Wildman–Crippen MR) is 52.3 cm³/mol. The van der Waals surface area contributed by atoms with E-state index in [4.69, 9.17) is 14.8 Å². The molecule has 6 nitrogen and oxygen atoms in total. The van der Waals surface area contributed by atoms with Crippen LogP contribution in [0.15, 0.2) is 0 Å². The Kier molecular flexibility index (Phi) is 8.96. The number of carbonyl (C=O) groups excluding carboxylic acids is 2. The molecule has 0 radical (unpaired) electrons. The molecule has 1 fully saturated rings. The van der Waals surface area contributed by atoms with Crippen LogP contribution in [0.3, 0.4) is 0 Å². The van der Waals surface area contributed by atoms with Gasteiger partial charge < -0.3 is 0 Å². The molecule has 0 aliphatic carbocycles. The summed E-state index contributed by atoms with van der Waals surface area (Å²) >= 11 is -3.11. The zero-order valence-electron chi connectivity index (χ0n) is 10.8. The normalized spacial score (nSPS) is 22.6. The average molecular weight is 633 g/mol. The van der Waals surface area contributed by atoms with Crippen LogP contribution in [0.2, 0.25) is 7.86 Å². The first-order valence-electron chi connectivity index (χ1n) is 6.08. The van der Waals surface area contributed by atoms with Crippen LogP contribution in [0.25, 0.3) is 0 Å². The van der Waals surface area contributed by atoms with Crippen molar-refractivity contribution in [1.29, 1.82) is 0 Å². The van der Waals surface area contributed by atoms with Gasteiger partial charge in [-0.3, -0.25) is 0 Å². The SMILES string of the molecule is CC(=O)[O][Hg][CH2]C1COC([CH2][Hg][O]C(C)=O)OC1. The summed E-state index contributed by atoms with van der Waals surface area (Å²) in [5.74, 6) is 0.0113. The van der Waals surface area contributed by atoms with Crippen LogP contribution in [0.1, 0.15) is 13.8 Å². The molecule has 0 aromatic carbocycles. The maximum atomic E-state index is 10.6. The Balaban J connectivity index is 2.05. The molecule has 0 amide bonds. The van der Waals surface area contributed by atoms with Gasteiger partial charge in [0.2, 0.25) is 0 Å². The Morgan fingerprint density at radius 2 is 1.56 bits per heavy atom. The van der Waals surface area contributed by atoms with Crippen LogP contribution < -0.4 is 0 Å². The van der Waals surface area contributed by atoms with Gasteiger partial charge in [-0.25, -0.2) is 0 Å². The molecule has 1 rings (SSSR count). The van der Waals surface area contributed by atoms with Crippen molar-refractivity contribution in [1.82, 2.24) is 0 Å². The zero-order chi connectivity index (χ0) is 13.4. The molecule has 96 valence electrons. The van der Waals surface area contributed by atoms with Crippen LogP contribution in [0.4, 0.5) is 0 Å².